The van der Waals surface area contributed by atoms with Crippen LogP contribution in [0.2, 0.25) is 0 Å². The number of Topliss-reactive ketones (excluding diaryl/α,β-unsaturated/α-hetero) is 1. The molecule has 1 aliphatic carbocycles. The van der Waals surface area contributed by atoms with Gasteiger partial charge in [-0.15, -0.1) is 0 Å². The van der Waals surface area contributed by atoms with Gasteiger partial charge >= 0.3 is 6.18 Å². The van der Waals surface area contributed by atoms with Crippen LogP contribution < -0.4 is 0 Å². The third-order valence-electron chi connectivity index (χ3n) is 4.52. The Morgan fingerprint density at radius 2 is 1.86 bits per heavy atom. The third-order valence-corrected chi connectivity index (χ3v) is 5.01. The molecule has 0 N–H and O–H groups in total. The van der Waals surface area contributed by atoms with Crippen LogP contribution in [0.5, 0.6) is 0 Å². The first-order valence-electron chi connectivity index (χ1n) is 7.11. The summed E-state index contributed by atoms with van der Waals surface area (Å²) in [6.07, 6.45) is -2.26. The Kier molecular flexibility index (Phi) is 4.81. The normalized spacial score (nSPS) is 26.7. The highest BCUT2D eigenvalue weighted by Crippen LogP contribution is 2.39. The number of halogens is 4. The Morgan fingerprint density at radius 1 is 1.19 bits per heavy atom. The molecule has 2 rings (SSSR count). The summed E-state index contributed by atoms with van der Waals surface area (Å²) in [6, 6.07) is 3.78. The Balaban J connectivity index is 2.32. The Bertz CT molecular complexity index is 539. The van der Waals surface area contributed by atoms with E-state index in [-0.39, 0.29) is 17.3 Å². The second-order valence-corrected chi connectivity index (χ2v) is 6.93. The average Bonchev–Trinajstić information content (AvgIpc) is 2.40. The summed E-state index contributed by atoms with van der Waals surface area (Å²) >= 11 is 3.04. The van der Waals surface area contributed by atoms with Crippen LogP contribution in [-0.2, 0) is 6.18 Å². The molecule has 0 radical (unpaired) electrons. The van der Waals surface area contributed by atoms with Crippen molar-refractivity contribution in [3.8, 4) is 0 Å². The average molecular weight is 363 g/mol. The molecule has 0 spiro atoms. The van der Waals surface area contributed by atoms with Crippen LogP contribution in [0, 0.1) is 17.8 Å². The van der Waals surface area contributed by atoms with Crippen molar-refractivity contribution in [2.75, 3.05) is 0 Å². The summed E-state index contributed by atoms with van der Waals surface area (Å²) in [5.41, 5.74) is -1.04. The molecule has 3 unspecified atom stereocenters. The van der Waals surface area contributed by atoms with E-state index >= 15 is 0 Å². The highest BCUT2D eigenvalue weighted by molar-refractivity contribution is 9.10. The molecular weight excluding hydrogens is 345 g/mol. The molecule has 21 heavy (non-hydrogen) atoms. The molecule has 0 heterocycles. The minimum absolute atomic E-state index is 0.197. The van der Waals surface area contributed by atoms with E-state index in [1.54, 1.807) is 0 Å². The zero-order chi connectivity index (χ0) is 15.8. The lowest BCUT2D eigenvalue weighted by Gasteiger charge is -2.31. The maximum absolute atomic E-state index is 13.1. The van der Waals surface area contributed by atoms with Gasteiger partial charge in [0.25, 0.3) is 0 Å². The first-order chi connectivity index (χ1) is 9.70. The van der Waals surface area contributed by atoms with Crippen LogP contribution in [-0.4, -0.2) is 5.78 Å². The maximum Gasteiger partial charge on any atom is 0.417 e. The van der Waals surface area contributed by atoms with Crippen molar-refractivity contribution < 1.29 is 18.0 Å². The standard InChI is InChI=1S/C16H18BrF3O/c1-9-3-4-11(7-10(9)2)15(21)13-6-5-12(17)8-14(13)16(18,19)20/h5-6,8-11H,3-4,7H2,1-2H3. The van der Waals surface area contributed by atoms with Gasteiger partial charge in [0.2, 0.25) is 0 Å². The molecule has 0 saturated heterocycles. The lowest BCUT2D eigenvalue weighted by Crippen LogP contribution is -2.28. The molecule has 1 nitrogen and oxygen atoms in total. The van der Waals surface area contributed by atoms with Crippen molar-refractivity contribution in [2.45, 2.75) is 39.3 Å². The van der Waals surface area contributed by atoms with E-state index in [1.165, 1.54) is 12.1 Å². The molecule has 1 aromatic carbocycles. The summed E-state index contributed by atoms with van der Waals surface area (Å²) in [6.45, 7) is 4.20. The van der Waals surface area contributed by atoms with Crippen molar-refractivity contribution in [1.29, 1.82) is 0 Å². The predicted octanol–water partition coefficient (Wildman–Crippen LogP) is 5.72. The SMILES string of the molecule is CC1CCC(C(=O)c2ccc(Br)cc2C(F)(F)F)CC1C. The number of carbonyl (C=O) groups excluding carboxylic acids is 1. The topological polar surface area (TPSA) is 17.1 Å². The number of ketones is 1. The van der Waals surface area contributed by atoms with Gasteiger partial charge in [-0.1, -0.05) is 29.8 Å². The van der Waals surface area contributed by atoms with Crippen LogP contribution in [0.25, 0.3) is 0 Å². The maximum atomic E-state index is 13.1. The molecule has 0 bridgehead atoms. The number of alkyl halides is 3. The minimum atomic E-state index is -4.51. The fraction of sp³-hybridized carbons (Fsp3) is 0.562. The molecule has 1 saturated carbocycles. The van der Waals surface area contributed by atoms with Gasteiger partial charge in [-0.05, 0) is 49.3 Å². The van der Waals surface area contributed by atoms with E-state index in [0.29, 0.717) is 29.2 Å². The van der Waals surface area contributed by atoms with Gasteiger partial charge in [-0.2, -0.15) is 13.2 Å². The van der Waals surface area contributed by atoms with E-state index in [0.717, 1.165) is 12.5 Å². The van der Waals surface area contributed by atoms with E-state index in [2.05, 4.69) is 29.8 Å². The van der Waals surface area contributed by atoms with Crippen molar-refractivity contribution >= 4 is 21.7 Å². The summed E-state index contributed by atoms with van der Waals surface area (Å²) in [4.78, 5) is 12.5. The molecule has 1 aliphatic rings. The number of rotatable bonds is 2. The van der Waals surface area contributed by atoms with Gasteiger partial charge in [-0.3, -0.25) is 4.79 Å². The first kappa shape index (κ1) is 16.5. The number of carbonyl (C=O) groups is 1. The van der Waals surface area contributed by atoms with Crippen LogP contribution >= 0.6 is 15.9 Å². The third kappa shape index (κ3) is 3.68. The van der Waals surface area contributed by atoms with Crippen LogP contribution in [0.15, 0.2) is 22.7 Å². The van der Waals surface area contributed by atoms with Gasteiger partial charge in [0.15, 0.2) is 5.78 Å². The highest BCUT2D eigenvalue weighted by atomic mass is 79.9. The molecular formula is C16H18BrF3O. The zero-order valence-corrected chi connectivity index (χ0v) is 13.6. The zero-order valence-electron chi connectivity index (χ0n) is 12.0. The predicted molar refractivity (Wildman–Crippen MR) is 79.1 cm³/mol. The minimum Gasteiger partial charge on any atom is -0.294 e. The smallest absolute Gasteiger partial charge is 0.294 e. The van der Waals surface area contributed by atoms with Gasteiger partial charge in [0, 0.05) is 16.0 Å². The molecule has 1 aromatic rings. The number of benzene rings is 1. The van der Waals surface area contributed by atoms with Gasteiger partial charge in [0.05, 0.1) is 5.56 Å². The molecule has 1 fully saturated rings. The summed E-state index contributed by atoms with van der Waals surface area (Å²) in [5.74, 6) is 0.241. The van der Waals surface area contributed by atoms with Crippen molar-refractivity contribution in [3.05, 3.63) is 33.8 Å². The van der Waals surface area contributed by atoms with Crippen LogP contribution in [0.4, 0.5) is 13.2 Å². The largest absolute Gasteiger partial charge is 0.417 e. The van der Waals surface area contributed by atoms with E-state index in [9.17, 15) is 18.0 Å². The molecule has 5 heteroatoms. The Morgan fingerprint density at radius 3 is 2.43 bits per heavy atom. The van der Waals surface area contributed by atoms with Gasteiger partial charge in [0.1, 0.15) is 0 Å². The van der Waals surface area contributed by atoms with E-state index in [1.807, 2.05) is 0 Å². The van der Waals surface area contributed by atoms with Crippen molar-refractivity contribution in [2.24, 2.45) is 17.8 Å². The number of hydrogen-bond acceptors (Lipinski definition) is 1. The second kappa shape index (κ2) is 6.11. The van der Waals surface area contributed by atoms with Crippen molar-refractivity contribution in [3.63, 3.8) is 0 Å². The van der Waals surface area contributed by atoms with Gasteiger partial charge < -0.3 is 0 Å². The van der Waals surface area contributed by atoms with Crippen LogP contribution in [0.3, 0.4) is 0 Å². The fourth-order valence-electron chi connectivity index (χ4n) is 2.97. The molecule has 0 aliphatic heterocycles. The summed E-state index contributed by atoms with van der Waals surface area (Å²) in [5, 5.41) is 0. The monoisotopic (exact) mass is 362 g/mol. The van der Waals surface area contributed by atoms with Crippen LogP contribution in [0.1, 0.15) is 49.0 Å². The van der Waals surface area contributed by atoms with Gasteiger partial charge in [-0.25, -0.2) is 0 Å². The summed E-state index contributed by atoms with van der Waals surface area (Å²) < 4.78 is 39.7. The quantitative estimate of drug-likeness (QED) is 0.614. The van der Waals surface area contributed by atoms with E-state index in [4.69, 9.17) is 0 Å². The van der Waals surface area contributed by atoms with E-state index < -0.39 is 11.7 Å². The number of hydrogen-bond donors (Lipinski definition) is 0. The second-order valence-electron chi connectivity index (χ2n) is 6.02. The molecule has 3 atom stereocenters. The Labute approximate surface area is 131 Å². The molecule has 0 aromatic heterocycles. The lowest BCUT2D eigenvalue weighted by molar-refractivity contribution is -0.138. The lowest BCUT2D eigenvalue weighted by atomic mass is 9.73. The first-order valence-corrected chi connectivity index (χ1v) is 7.90. The fourth-order valence-corrected chi connectivity index (χ4v) is 3.33. The highest BCUT2D eigenvalue weighted by Gasteiger charge is 2.38. The Hall–Kier alpha value is -0.840. The summed E-state index contributed by atoms with van der Waals surface area (Å²) in [7, 11) is 0. The molecule has 116 valence electrons. The molecule has 0 amide bonds. The van der Waals surface area contributed by atoms with Crippen molar-refractivity contribution in [1.82, 2.24) is 0 Å².